The lowest BCUT2D eigenvalue weighted by atomic mass is 10.1. The van der Waals surface area contributed by atoms with Gasteiger partial charge in [-0.15, -0.1) is 0 Å². The number of fused-ring (bicyclic) bond motifs is 1. The van der Waals surface area contributed by atoms with Crippen LogP contribution < -0.4 is 5.43 Å². The second-order valence-corrected chi connectivity index (χ2v) is 3.82. The molecule has 1 heterocycles. The van der Waals surface area contributed by atoms with Gasteiger partial charge in [0.05, 0.1) is 5.39 Å². The maximum atomic E-state index is 11.6. The molecule has 1 aromatic carbocycles. The van der Waals surface area contributed by atoms with Crippen LogP contribution in [0.5, 0.6) is 0 Å². The molecule has 0 spiro atoms. The van der Waals surface area contributed by atoms with E-state index in [1.54, 1.807) is 13.0 Å². The van der Waals surface area contributed by atoms with Crippen LogP contribution >= 0.6 is 11.6 Å². The van der Waals surface area contributed by atoms with Gasteiger partial charge in [-0.2, -0.15) is 0 Å². The molecule has 0 unspecified atom stereocenters. The average Bonchev–Trinajstić information content (AvgIpc) is 2.19. The molecule has 0 aliphatic rings. The Morgan fingerprint density at radius 2 is 2.06 bits per heavy atom. The average molecular weight is 239 g/mol. The van der Waals surface area contributed by atoms with Crippen molar-refractivity contribution in [2.24, 2.45) is 0 Å². The molecule has 1 aromatic heterocycles. The first-order chi connectivity index (χ1) is 7.49. The molecular weight excluding hydrogens is 232 g/mol. The van der Waals surface area contributed by atoms with Crippen molar-refractivity contribution in [3.8, 4) is 0 Å². The van der Waals surface area contributed by atoms with Crippen molar-refractivity contribution in [1.29, 1.82) is 0 Å². The Bertz CT molecular complexity index is 642. The van der Waals surface area contributed by atoms with Crippen molar-refractivity contribution in [1.82, 2.24) is 0 Å². The third-order valence-corrected chi connectivity index (χ3v) is 2.41. The van der Waals surface area contributed by atoms with Crippen LogP contribution in [-0.4, -0.2) is 11.1 Å². The van der Waals surface area contributed by atoms with Crippen molar-refractivity contribution in [2.45, 2.75) is 6.92 Å². The lowest BCUT2D eigenvalue weighted by molar-refractivity contribution is 0.0663. The Kier molecular flexibility index (Phi) is 2.44. The molecule has 82 valence electrons. The summed E-state index contributed by atoms with van der Waals surface area (Å²) in [6.07, 6.45) is 0. The number of benzene rings is 1. The number of hydrogen-bond donors (Lipinski definition) is 1. The predicted molar refractivity (Wildman–Crippen MR) is 59.2 cm³/mol. The van der Waals surface area contributed by atoms with E-state index >= 15 is 0 Å². The van der Waals surface area contributed by atoms with Gasteiger partial charge >= 0.3 is 5.97 Å². The van der Waals surface area contributed by atoms with Gasteiger partial charge in [0, 0.05) is 11.1 Å². The quantitative estimate of drug-likeness (QED) is 0.829. The first-order valence-corrected chi connectivity index (χ1v) is 4.84. The molecule has 16 heavy (non-hydrogen) atoms. The SMILES string of the molecule is Cc1cc(Cl)cc2c(=O)cc(C(=O)O)oc12. The van der Waals surface area contributed by atoms with Gasteiger partial charge in [0.15, 0.2) is 5.43 Å². The minimum absolute atomic E-state index is 0.259. The Morgan fingerprint density at radius 3 is 2.69 bits per heavy atom. The Hall–Kier alpha value is -1.81. The molecule has 2 aromatic rings. The molecule has 0 aliphatic carbocycles. The number of carboxylic acids is 1. The molecule has 0 saturated heterocycles. The summed E-state index contributed by atoms with van der Waals surface area (Å²) in [6.45, 7) is 1.70. The molecule has 0 aliphatic heterocycles. The number of rotatable bonds is 1. The van der Waals surface area contributed by atoms with E-state index in [0.29, 0.717) is 10.6 Å². The van der Waals surface area contributed by atoms with E-state index in [1.165, 1.54) is 6.07 Å². The Morgan fingerprint density at radius 1 is 1.38 bits per heavy atom. The minimum Gasteiger partial charge on any atom is -0.475 e. The second-order valence-electron chi connectivity index (χ2n) is 3.38. The van der Waals surface area contributed by atoms with E-state index in [0.717, 1.165) is 6.07 Å². The Labute approximate surface area is 95.1 Å². The molecular formula is C11H7ClO4. The molecule has 0 bridgehead atoms. The maximum Gasteiger partial charge on any atom is 0.371 e. The van der Waals surface area contributed by atoms with Crippen LogP contribution in [0.1, 0.15) is 16.1 Å². The van der Waals surface area contributed by atoms with Crippen LogP contribution in [0, 0.1) is 6.92 Å². The summed E-state index contributed by atoms with van der Waals surface area (Å²) < 4.78 is 5.13. The highest BCUT2D eigenvalue weighted by molar-refractivity contribution is 6.31. The van der Waals surface area contributed by atoms with Gasteiger partial charge in [-0.3, -0.25) is 4.79 Å². The fourth-order valence-electron chi connectivity index (χ4n) is 1.49. The zero-order valence-electron chi connectivity index (χ0n) is 8.28. The maximum absolute atomic E-state index is 11.6. The smallest absolute Gasteiger partial charge is 0.371 e. The monoisotopic (exact) mass is 238 g/mol. The summed E-state index contributed by atoms with van der Waals surface area (Å²) >= 11 is 5.80. The standard InChI is InChI=1S/C11H7ClO4/c1-5-2-6(12)3-7-8(13)4-9(11(14)15)16-10(5)7/h2-4H,1H3,(H,14,15). The van der Waals surface area contributed by atoms with E-state index in [2.05, 4.69) is 0 Å². The topological polar surface area (TPSA) is 67.5 Å². The molecule has 0 amide bonds. The first kappa shape index (κ1) is 10.7. The molecule has 5 heteroatoms. The van der Waals surface area contributed by atoms with Crippen LogP contribution in [0.3, 0.4) is 0 Å². The molecule has 1 N–H and O–H groups in total. The third-order valence-electron chi connectivity index (χ3n) is 2.19. The van der Waals surface area contributed by atoms with Crippen molar-refractivity contribution >= 4 is 28.5 Å². The second kappa shape index (κ2) is 3.64. The van der Waals surface area contributed by atoms with Crippen molar-refractivity contribution in [3.05, 3.63) is 44.8 Å². The predicted octanol–water partition coefficient (Wildman–Crippen LogP) is 2.45. The number of carbonyl (C=O) groups is 1. The van der Waals surface area contributed by atoms with Gasteiger partial charge in [-0.05, 0) is 24.6 Å². The van der Waals surface area contributed by atoms with Crippen molar-refractivity contribution in [2.75, 3.05) is 0 Å². The molecule has 0 saturated carbocycles. The highest BCUT2D eigenvalue weighted by Crippen LogP contribution is 2.22. The van der Waals surface area contributed by atoms with E-state index in [9.17, 15) is 9.59 Å². The largest absolute Gasteiger partial charge is 0.475 e. The van der Waals surface area contributed by atoms with Gasteiger partial charge < -0.3 is 9.52 Å². The fraction of sp³-hybridized carbons (Fsp3) is 0.0909. The van der Waals surface area contributed by atoms with Gasteiger partial charge in [0.1, 0.15) is 5.58 Å². The van der Waals surface area contributed by atoms with Crippen LogP contribution in [0.15, 0.2) is 27.4 Å². The Balaban J connectivity index is 2.93. The summed E-state index contributed by atoms with van der Waals surface area (Å²) in [5.74, 6) is -1.64. The number of hydrogen-bond acceptors (Lipinski definition) is 3. The van der Waals surface area contributed by atoms with Gasteiger partial charge in [0.25, 0.3) is 0 Å². The number of halogens is 1. The summed E-state index contributed by atoms with van der Waals surface area (Å²) in [6, 6.07) is 4.01. The van der Waals surface area contributed by atoms with E-state index in [4.69, 9.17) is 21.1 Å². The van der Waals surface area contributed by atoms with Gasteiger partial charge in [-0.1, -0.05) is 11.6 Å². The van der Waals surface area contributed by atoms with Crippen molar-refractivity contribution < 1.29 is 14.3 Å². The summed E-state index contributed by atoms with van der Waals surface area (Å²) in [4.78, 5) is 22.3. The van der Waals surface area contributed by atoms with Crippen molar-refractivity contribution in [3.63, 3.8) is 0 Å². The first-order valence-electron chi connectivity index (χ1n) is 4.46. The normalized spacial score (nSPS) is 10.6. The van der Waals surface area contributed by atoms with Crippen LogP contribution in [0.4, 0.5) is 0 Å². The van der Waals surface area contributed by atoms with Crippen LogP contribution in [-0.2, 0) is 0 Å². The molecule has 0 fully saturated rings. The summed E-state index contributed by atoms with van der Waals surface area (Å²) in [5, 5.41) is 9.46. The fourth-order valence-corrected chi connectivity index (χ4v) is 1.76. The third kappa shape index (κ3) is 1.67. The van der Waals surface area contributed by atoms with E-state index in [-0.39, 0.29) is 16.7 Å². The number of aryl methyl sites for hydroxylation is 1. The molecule has 2 rings (SSSR count). The van der Waals surface area contributed by atoms with Gasteiger partial charge in [-0.25, -0.2) is 4.79 Å². The summed E-state index contributed by atoms with van der Waals surface area (Å²) in [5.41, 5.74) is 0.473. The zero-order chi connectivity index (χ0) is 11.9. The van der Waals surface area contributed by atoms with Crippen LogP contribution in [0.2, 0.25) is 5.02 Å². The molecule has 4 nitrogen and oxygen atoms in total. The van der Waals surface area contributed by atoms with Gasteiger partial charge in [0.2, 0.25) is 5.76 Å². The van der Waals surface area contributed by atoms with E-state index < -0.39 is 11.4 Å². The minimum atomic E-state index is -1.27. The lowest BCUT2D eigenvalue weighted by Crippen LogP contribution is -2.06. The molecule has 0 radical (unpaired) electrons. The lowest BCUT2D eigenvalue weighted by Gasteiger charge is -2.02. The highest BCUT2D eigenvalue weighted by Gasteiger charge is 2.12. The summed E-state index contributed by atoms with van der Waals surface area (Å²) in [7, 11) is 0. The zero-order valence-corrected chi connectivity index (χ0v) is 9.04. The molecule has 0 atom stereocenters. The van der Waals surface area contributed by atoms with E-state index in [1.807, 2.05) is 0 Å². The number of carboxylic acid groups (broad SMARTS) is 1. The number of aromatic carboxylic acids is 1. The van der Waals surface area contributed by atoms with Crippen LogP contribution in [0.25, 0.3) is 11.0 Å². The highest BCUT2D eigenvalue weighted by atomic mass is 35.5.